The molecule has 9 nitrogen and oxygen atoms in total. The molecule has 5 rings (SSSR count). The summed E-state index contributed by atoms with van der Waals surface area (Å²) in [5, 5.41) is 10.1. The lowest BCUT2D eigenvalue weighted by atomic mass is 10.0. The van der Waals surface area contributed by atoms with Crippen molar-refractivity contribution in [2.24, 2.45) is 5.73 Å². The number of nitrogens with zero attached hydrogens (tertiary/aromatic N) is 3. The van der Waals surface area contributed by atoms with E-state index < -0.39 is 23.6 Å². The molecule has 0 unspecified atom stereocenters. The van der Waals surface area contributed by atoms with Crippen molar-refractivity contribution in [2.75, 3.05) is 10.6 Å². The van der Waals surface area contributed by atoms with Crippen LogP contribution in [0.15, 0.2) is 60.8 Å². The van der Waals surface area contributed by atoms with Crippen molar-refractivity contribution in [3.63, 3.8) is 0 Å². The van der Waals surface area contributed by atoms with E-state index in [-0.39, 0.29) is 33.8 Å². The number of primary amides is 1. The number of amides is 3. The molecule has 39 heavy (non-hydrogen) atoms. The van der Waals surface area contributed by atoms with Crippen LogP contribution in [-0.4, -0.2) is 26.7 Å². The molecule has 1 aliphatic rings. The van der Waals surface area contributed by atoms with E-state index in [1.807, 2.05) is 0 Å². The predicted molar refractivity (Wildman–Crippen MR) is 142 cm³/mol. The maximum atomic E-state index is 13.9. The predicted octanol–water partition coefficient (Wildman–Crippen LogP) is 6.39. The first-order valence-corrected chi connectivity index (χ1v) is 12.5. The summed E-state index contributed by atoms with van der Waals surface area (Å²) in [7, 11) is 0. The molecule has 4 N–H and O–H groups in total. The molecule has 12 heteroatoms. The van der Waals surface area contributed by atoms with Gasteiger partial charge in [0.1, 0.15) is 34.6 Å². The molecule has 2 aromatic heterocycles. The molecule has 200 valence electrons. The average Bonchev–Trinajstić information content (AvgIpc) is 3.56. The Morgan fingerprint density at radius 3 is 2.38 bits per heavy atom. The van der Waals surface area contributed by atoms with Gasteiger partial charge < -0.3 is 15.8 Å². The lowest BCUT2D eigenvalue weighted by molar-refractivity contribution is 0.0995. The maximum absolute atomic E-state index is 13.9. The van der Waals surface area contributed by atoms with Crippen LogP contribution in [0, 0.1) is 11.6 Å². The minimum Gasteiger partial charge on any atom is -0.457 e. The molecule has 1 saturated carbocycles. The van der Waals surface area contributed by atoms with Gasteiger partial charge in [-0.05, 0) is 43.2 Å². The van der Waals surface area contributed by atoms with Gasteiger partial charge in [0.15, 0.2) is 0 Å². The highest BCUT2D eigenvalue weighted by Crippen LogP contribution is 2.35. The number of pyridine rings is 1. The van der Waals surface area contributed by atoms with Gasteiger partial charge in [-0.15, -0.1) is 0 Å². The van der Waals surface area contributed by atoms with Crippen LogP contribution in [0.4, 0.5) is 25.1 Å². The molecule has 0 atom stereocenters. The number of hydrogen-bond acceptors (Lipinski definition) is 5. The zero-order valence-electron chi connectivity index (χ0n) is 20.5. The van der Waals surface area contributed by atoms with Crippen LogP contribution in [0.5, 0.6) is 11.5 Å². The standard InChI is InChI=1S/C27H23ClF2N6O3/c28-21-12-19(39-20-7-8-32-24(13-20)26(31)37)5-6-22(21)33-27(38)34-25-14-23(15-3-1-2-4-15)35-36(25)18-10-16(29)9-17(30)11-18/h5-15H,1-4H2,(H2,31,37)(H2,33,34,38). The van der Waals surface area contributed by atoms with Crippen molar-refractivity contribution in [3.05, 3.63) is 88.8 Å². The third-order valence-corrected chi connectivity index (χ3v) is 6.56. The number of nitrogens with one attached hydrogen (secondary N) is 2. The second-order valence-corrected chi connectivity index (χ2v) is 9.45. The van der Waals surface area contributed by atoms with Crippen LogP contribution in [0.2, 0.25) is 5.02 Å². The maximum Gasteiger partial charge on any atom is 0.324 e. The van der Waals surface area contributed by atoms with Crippen LogP contribution < -0.4 is 21.1 Å². The zero-order chi connectivity index (χ0) is 27.5. The van der Waals surface area contributed by atoms with Gasteiger partial charge in [0.05, 0.1) is 22.1 Å². The van der Waals surface area contributed by atoms with Gasteiger partial charge in [0.2, 0.25) is 0 Å². The van der Waals surface area contributed by atoms with Crippen molar-refractivity contribution in [2.45, 2.75) is 31.6 Å². The van der Waals surface area contributed by atoms with Gasteiger partial charge in [-0.1, -0.05) is 24.4 Å². The number of urea groups is 1. The molecule has 0 bridgehead atoms. The highest BCUT2D eigenvalue weighted by molar-refractivity contribution is 6.34. The Morgan fingerprint density at radius 1 is 0.974 bits per heavy atom. The summed E-state index contributed by atoms with van der Waals surface area (Å²) in [4.78, 5) is 28.1. The van der Waals surface area contributed by atoms with Crippen molar-refractivity contribution in [1.82, 2.24) is 14.8 Å². The fraction of sp³-hybridized carbons (Fsp3) is 0.185. The molecule has 1 fully saturated rings. The lowest BCUT2D eigenvalue weighted by Gasteiger charge is -2.12. The molecule has 0 spiro atoms. The van der Waals surface area contributed by atoms with Gasteiger partial charge in [-0.2, -0.15) is 5.10 Å². The molecular weight excluding hydrogens is 530 g/mol. The summed E-state index contributed by atoms with van der Waals surface area (Å²) in [5.74, 6) is -1.08. The first-order chi connectivity index (χ1) is 18.7. The van der Waals surface area contributed by atoms with E-state index in [9.17, 15) is 18.4 Å². The van der Waals surface area contributed by atoms with Crippen molar-refractivity contribution in [3.8, 4) is 17.2 Å². The summed E-state index contributed by atoms with van der Waals surface area (Å²) in [5.41, 5.74) is 6.46. The summed E-state index contributed by atoms with van der Waals surface area (Å²) < 4.78 is 34.9. The fourth-order valence-electron chi connectivity index (χ4n) is 4.44. The normalized spacial score (nSPS) is 13.3. The third kappa shape index (κ3) is 6.15. The topological polar surface area (TPSA) is 124 Å². The Labute approximate surface area is 226 Å². The first kappa shape index (κ1) is 26.1. The minimum absolute atomic E-state index is 0.0462. The number of carbonyl (C=O) groups is 2. The Morgan fingerprint density at radius 2 is 1.69 bits per heavy atom. The van der Waals surface area contributed by atoms with Crippen LogP contribution >= 0.6 is 11.6 Å². The number of anilines is 2. The summed E-state index contributed by atoms with van der Waals surface area (Å²) in [6, 6.07) is 11.7. The second kappa shape index (κ2) is 11.1. The van der Waals surface area contributed by atoms with Gasteiger partial charge in [-0.3, -0.25) is 15.1 Å². The Hall–Kier alpha value is -4.51. The zero-order valence-corrected chi connectivity index (χ0v) is 21.2. The van der Waals surface area contributed by atoms with Gasteiger partial charge in [0.25, 0.3) is 5.91 Å². The minimum atomic E-state index is -0.759. The molecular formula is C27H23ClF2N6O3. The molecule has 0 radical (unpaired) electrons. The van der Waals surface area contributed by atoms with E-state index in [0.717, 1.165) is 49.6 Å². The molecule has 0 aliphatic heterocycles. The van der Waals surface area contributed by atoms with Gasteiger partial charge in [-0.25, -0.2) is 18.3 Å². The number of halogens is 3. The summed E-state index contributed by atoms with van der Waals surface area (Å²) >= 11 is 6.37. The molecule has 3 amide bonds. The van der Waals surface area contributed by atoms with Crippen molar-refractivity contribution in [1.29, 1.82) is 0 Å². The Kier molecular flexibility index (Phi) is 7.42. The molecule has 2 aromatic carbocycles. The molecule has 4 aromatic rings. The van der Waals surface area contributed by atoms with E-state index in [4.69, 9.17) is 22.1 Å². The van der Waals surface area contributed by atoms with E-state index >= 15 is 0 Å². The quantitative estimate of drug-likeness (QED) is 0.245. The smallest absolute Gasteiger partial charge is 0.324 e. The molecule has 0 saturated heterocycles. The van der Waals surface area contributed by atoms with E-state index in [1.165, 1.54) is 29.1 Å². The van der Waals surface area contributed by atoms with Crippen molar-refractivity contribution < 1.29 is 23.1 Å². The van der Waals surface area contributed by atoms with Crippen molar-refractivity contribution >= 4 is 35.0 Å². The number of ether oxygens (including phenoxy) is 1. The number of nitrogens with two attached hydrogens (primary N) is 1. The largest absolute Gasteiger partial charge is 0.457 e. The number of benzene rings is 2. The fourth-order valence-corrected chi connectivity index (χ4v) is 4.66. The Bertz CT molecular complexity index is 1530. The van der Waals surface area contributed by atoms with Crippen LogP contribution in [0.1, 0.15) is 47.8 Å². The number of rotatable bonds is 7. The van der Waals surface area contributed by atoms with E-state index in [1.54, 1.807) is 18.2 Å². The number of hydrogen-bond donors (Lipinski definition) is 3. The monoisotopic (exact) mass is 552 g/mol. The van der Waals surface area contributed by atoms with Gasteiger partial charge in [0, 0.05) is 36.4 Å². The van der Waals surface area contributed by atoms with E-state index in [0.29, 0.717) is 11.5 Å². The highest BCUT2D eigenvalue weighted by Gasteiger charge is 2.23. The SMILES string of the molecule is NC(=O)c1cc(Oc2ccc(NC(=O)Nc3cc(C4CCCC4)nn3-c3cc(F)cc(F)c3)c(Cl)c2)ccn1. The molecule has 1 aliphatic carbocycles. The highest BCUT2D eigenvalue weighted by atomic mass is 35.5. The second-order valence-electron chi connectivity index (χ2n) is 9.04. The van der Waals surface area contributed by atoms with Crippen LogP contribution in [0.3, 0.4) is 0 Å². The number of carbonyl (C=O) groups excluding carboxylic acids is 2. The first-order valence-electron chi connectivity index (χ1n) is 12.1. The van der Waals surface area contributed by atoms with Crippen LogP contribution in [-0.2, 0) is 0 Å². The Balaban J connectivity index is 1.33. The lowest BCUT2D eigenvalue weighted by Crippen LogP contribution is -2.21. The summed E-state index contributed by atoms with van der Waals surface area (Å²) in [6.07, 6.45) is 5.43. The van der Waals surface area contributed by atoms with Crippen LogP contribution in [0.25, 0.3) is 5.69 Å². The van der Waals surface area contributed by atoms with Gasteiger partial charge >= 0.3 is 6.03 Å². The average molecular weight is 553 g/mol. The third-order valence-electron chi connectivity index (χ3n) is 6.24. The summed E-state index contributed by atoms with van der Waals surface area (Å²) in [6.45, 7) is 0. The molecule has 2 heterocycles. The number of aromatic nitrogens is 3. The van der Waals surface area contributed by atoms with E-state index in [2.05, 4.69) is 20.7 Å².